The molecule has 4 amide bonds. The molecular formula is C42H61N7O6S2. The third kappa shape index (κ3) is 13.3. The molecule has 1 aromatic carbocycles. The number of hydrogen-bond acceptors (Lipinski definition) is 10. The molecule has 0 saturated carbocycles. The van der Waals surface area contributed by atoms with Crippen LogP contribution in [0, 0.1) is 12.3 Å². The van der Waals surface area contributed by atoms with Gasteiger partial charge < -0.3 is 30.9 Å². The number of amides is 4. The predicted molar refractivity (Wildman–Crippen MR) is 225 cm³/mol. The Hall–Kier alpha value is -3.89. The van der Waals surface area contributed by atoms with Crippen molar-refractivity contribution in [3.63, 3.8) is 0 Å². The summed E-state index contributed by atoms with van der Waals surface area (Å²) in [6, 6.07) is 9.31. The van der Waals surface area contributed by atoms with Crippen molar-refractivity contribution in [2.24, 2.45) is 11.1 Å². The number of primary amides is 1. The molecule has 0 bridgehead atoms. The minimum atomic E-state index is -1.37. The number of carbonyl (C=O) groups is 4. The average Bonchev–Trinajstić information content (AvgIpc) is 3.76. The third-order valence-electron chi connectivity index (χ3n) is 10.1. The topological polar surface area (TPSA) is 203 Å². The van der Waals surface area contributed by atoms with E-state index in [1.807, 2.05) is 97.3 Å². The van der Waals surface area contributed by atoms with Gasteiger partial charge in [0.05, 0.1) is 40.0 Å². The summed E-state index contributed by atoms with van der Waals surface area (Å²) in [6.45, 7) is 15.1. The second-order valence-corrected chi connectivity index (χ2v) is 19.9. The standard InChI is InChI=1S/C42H61N7O6S2/c1-26(29-14-16-30(17-15-29)37-27(2)45-25-56-37)46-39(53)34-23-31(50)24-49(34)40(54)38(41(3,4)5)47-36(52)13-11-9-10-12-28-20-21-44-33(22-28)32(18-19-35(43)51)48-57(55)42(6,7)8/h14-17,20-22,25-26,31-32,34,38,48,50H,9-13,18-19,23-24H2,1-8H3,(H2,43,51)(H,46,53)(H,47,52)/t26-,31+,32-,34-,38?,57?/m0/s1. The molecule has 15 heteroatoms. The maximum Gasteiger partial charge on any atom is 0.246 e. The minimum absolute atomic E-state index is 0.00374. The Bertz CT molecular complexity index is 1820. The third-order valence-corrected chi connectivity index (χ3v) is 12.7. The van der Waals surface area contributed by atoms with Crippen LogP contribution in [-0.2, 0) is 37.0 Å². The van der Waals surface area contributed by atoms with Crippen LogP contribution in [-0.4, -0.2) is 77.6 Å². The van der Waals surface area contributed by atoms with E-state index in [0.29, 0.717) is 18.5 Å². The lowest BCUT2D eigenvalue weighted by atomic mass is 9.85. The van der Waals surface area contributed by atoms with Crippen molar-refractivity contribution in [1.29, 1.82) is 0 Å². The number of nitrogens with two attached hydrogens (primary N) is 1. The van der Waals surface area contributed by atoms with Gasteiger partial charge in [-0.25, -0.2) is 4.98 Å². The van der Waals surface area contributed by atoms with Crippen molar-refractivity contribution in [3.8, 4) is 10.4 Å². The molecule has 2 unspecified atom stereocenters. The van der Waals surface area contributed by atoms with Crippen LogP contribution in [0.5, 0.6) is 0 Å². The van der Waals surface area contributed by atoms with Gasteiger partial charge in [0.1, 0.15) is 16.8 Å². The van der Waals surface area contributed by atoms with Gasteiger partial charge in [-0.1, -0.05) is 51.5 Å². The lowest BCUT2D eigenvalue weighted by Crippen LogP contribution is -2.57. The number of likely N-dealkylation sites (tertiary alicyclic amines) is 1. The zero-order chi connectivity index (χ0) is 42.1. The number of aryl methyl sites for hydroxylation is 2. The van der Waals surface area contributed by atoms with E-state index in [1.165, 1.54) is 4.90 Å². The van der Waals surface area contributed by atoms with Gasteiger partial charge in [0.15, 0.2) is 0 Å². The monoisotopic (exact) mass is 823 g/mol. The molecule has 3 aromatic rings. The summed E-state index contributed by atoms with van der Waals surface area (Å²) in [6.07, 6.45) is 4.61. The molecule has 2 aromatic heterocycles. The van der Waals surface area contributed by atoms with Crippen LogP contribution in [0.3, 0.4) is 0 Å². The summed E-state index contributed by atoms with van der Waals surface area (Å²) in [4.78, 5) is 63.8. The fourth-order valence-electron chi connectivity index (χ4n) is 6.74. The Labute approximate surface area is 344 Å². The van der Waals surface area contributed by atoms with E-state index in [9.17, 15) is 28.8 Å². The van der Waals surface area contributed by atoms with Gasteiger partial charge in [-0.15, -0.1) is 16.1 Å². The Kier molecular flexibility index (Phi) is 16.2. The van der Waals surface area contributed by atoms with Gasteiger partial charge in [-0.3, -0.25) is 24.2 Å². The van der Waals surface area contributed by atoms with Crippen molar-refractivity contribution in [2.75, 3.05) is 6.54 Å². The van der Waals surface area contributed by atoms with Crippen molar-refractivity contribution in [2.45, 2.75) is 142 Å². The van der Waals surface area contributed by atoms with Crippen LogP contribution in [0.25, 0.3) is 10.4 Å². The van der Waals surface area contributed by atoms with E-state index >= 15 is 0 Å². The molecule has 57 heavy (non-hydrogen) atoms. The highest BCUT2D eigenvalue weighted by Crippen LogP contribution is 2.30. The highest BCUT2D eigenvalue weighted by atomic mass is 32.2. The molecular weight excluding hydrogens is 763 g/mol. The summed E-state index contributed by atoms with van der Waals surface area (Å²) in [5.41, 5.74) is 11.2. The van der Waals surface area contributed by atoms with Crippen LogP contribution >= 0.6 is 11.3 Å². The summed E-state index contributed by atoms with van der Waals surface area (Å²) >= 11 is 0.206. The van der Waals surface area contributed by atoms with Crippen LogP contribution in [0.2, 0.25) is 0 Å². The maximum absolute atomic E-state index is 14.1. The Morgan fingerprint density at radius 2 is 1.72 bits per heavy atom. The summed E-state index contributed by atoms with van der Waals surface area (Å²) < 4.78 is 15.5. The maximum atomic E-state index is 14.1. The van der Waals surface area contributed by atoms with E-state index in [0.717, 1.165) is 46.5 Å². The Morgan fingerprint density at radius 1 is 1.02 bits per heavy atom. The molecule has 1 aliphatic rings. The van der Waals surface area contributed by atoms with E-state index in [1.54, 1.807) is 17.5 Å². The molecule has 4 rings (SSSR count). The SMILES string of the molecule is Cc1ncsc1-c1ccc([C@H](C)NC(=O)[C@@H]2C[C@@H](O)CN2C(=O)C(NC(=O)CCCCCc2ccnc([C@H](CCC(N)=O)N[S+]([O-])C(C)(C)C)c2)C(C)(C)C)cc1. The first-order chi connectivity index (χ1) is 26.7. The number of aliphatic hydroxyl groups is 1. The largest absolute Gasteiger partial charge is 0.598 e. The number of hydrogen-bond donors (Lipinski definition) is 5. The van der Waals surface area contributed by atoms with Crippen LogP contribution in [0.4, 0.5) is 0 Å². The summed E-state index contributed by atoms with van der Waals surface area (Å²) in [5.74, 6) is -1.44. The van der Waals surface area contributed by atoms with Gasteiger partial charge in [-0.05, 0) is 94.5 Å². The number of pyridine rings is 1. The number of nitrogens with one attached hydrogen (secondary N) is 3. The summed E-state index contributed by atoms with van der Waals surface area (Å²) in [5, 5.41) is 16.6. The predicted octanol–water partition coefficient (Wildman–Crippen LogP) is 5.34. The zero-order valence-corrected chi connectivity index (χ0v) is 36.2. The smallest absolute Gasteiger partial charge is 0.246 e. The van der Waals surface area contributed by atoms with Crippen LogP contribution < -0.4 is 21.1 Å². The van der Waals surface area contributed by atoms with Crippen molar-refractivity contribution >= 4 is 46.3 Å². The Morgan fingerprint density at radius 3 is 2.33 bits per heavy atom. The van der Waals surface area contributed by atoms with Crippen LogP contribution in [0.15, 0.2) is 48.1 Å². The number of rotatable bonds is 18. The number of aliphatic hydroxyl groups excluding tert-OH is 1. The molecule has 1 saturated heterocycles. The number of benzene rings is 1. The number of carbonyl (C=O) groups excluding carboxylic acids is 4. The number of β-amino-alcohol motifs (C(OH)–C–C–N with tert-alkyl or cyclic N) is 1. The minimum Gasteiger partial charge on any atom is -0.598 e. The molecule has 1 fully saturated rings. The molecule has 13 nitrogen and oxygen atoms in total. The van der Waals surface area contributed by atoms with Gasteiger partial charge >= 0.3 is 0 Å². The lowest BCUT2D eigenvalue weighted by Gasteiger charge is -2.35. The molecule has 6 N–H and O–H groups in total. The van der Waals surface area contributed by atoms with E-state index < -0.39 is 57.6 Å². The lowest BCUT2D eigenvalue weighted by molar-refractivity contribution is -0.144. The normalized spacial score (nSPS) is 18.1. The fraction of sp³-hybridized carbons (Fsp3) is 0.571. The second kappa shape index (κ2) is 20.2. The van der Waals surface area contributed by atoms with E-state index in [-0.39, 0.29) is 43.7 Å². The number of nitrogens with zero attached hydrogens (tertiary/aromatic N) is 3. The number of unbranched alkanes of at least 4 members (excludes halogenated alkanes) is 2. The van der Waals surface area contributed by atoms with Gasteiger partial charge in [-0.2, -0.15) is 0 Å². The average molecular weight is 824 g/mol. The first-order valence-electron chi connectivity index (χ1n) is 19.7. The second-order valence-electron chi connectivity index (χ2n) is 17.1. The quantitative estimate of drug-likeness (QED) is 0.0829. The molecule has 6 atom stereocenters. The highest BCUT2D eigenvalue weighted by Gasteiger charge is 2.44. The number of thiazole rings is 1. The van der Waals surface area contributed by atoms with E-state index in [4.69, 9.17) is 5.73 Å². The first-order valence-corrected chi connectivity index (χ1v) is 21.8. The van der Waals surface area contributed by atoms with Crippen molar-refractivity contribution in [3.05, 3.63) is 70.6 Å². The molecule has 0 aliphatic carbocycles. The molecule has 0 radical (unpaired) electrons. The Balaban J connectivity index is 1.30. The molecule has 312 valence electrons. The fourth-order valence-corrected chi connectivity index (χ4v) is 8.40. The first kappa shape index (κ1) is 45.8. The van der Waals surface area contributed by atoms with Gasteiger partial charge in [0.25, 0.3) is 0 Å². The summed E-state index contributed by atoms with van der Waals surface area (Å²) in [7, 11) is 0. The van der Waals surface area contributed by atoms with Crippen molar-refractivity contribution in [1.82, 2.24) is 30.2 Å². The van der Waals surface area contributed by atoms with Crippen molar-refractivity contribution < 1.29 is 28.8 Å². The van der Waals surface area contributed by atoms with Gasteiger partial charge in [0.2, 0.25) is 23.6 Å². The molecule has 1 aliphatic heterocycles. The van der Waals surface area contributed by atoms with Gasteiger partial charge in [0, 0.05) is 43.4 Å². The molecule has 3 heterocycles. The number of aromatic nitrogens is 2. The van der Waals surface area contributed by atoms with Crippen LogP contribution in [0.1, 0.15) is 128 Å². The highest BCUT2D eigenvalue weighted by molar-refractivity contribution is 7.90. The van der Waals surface area contributed by atoms with E-state index in [2.05, 4.69) is 25.3 Å². The molecule has 0 spiro atoms. The zero-order valence-electron chi connectivity index (χ0n) is 34.6.